The number of unbranched alkanes of at least 4 members (excludes halogenated alkanes) is 1. The van der Waals surface area contributed by atoms with E-state index < -0.39 is 6.10 Å². The molecular formula is C22H28OS2. The molecule has 0 aliphatic carbocycles. The first-order valence-corrected chi connectivity index (χ1v) is 11.2. The SMILES string of the molecule is CCCC[C@]1(CC)CSc2ccccc2C(O)C1Sc1ccccc1. The maximum atomic E-state index is 11.4. The molecule has 0 radical (unpaired) electrons. The Labute approximate surface area is 160 Å². The maximum Gasteiger partial charge on any atom is 0.0928 e. The van der Waals surface area contributed by atoms with Crippen LogP contribution in [-0.2, 0) is 0 Å². The van der Waals surface area contributed by atoms with Crippen molar-refractivity contribution in [3.8, 4) is 0 Å². The molecule has 1 aliphatic rings. The van der Waals surface area contributed by atoms with Crippen LogP contribution in [0.1, 0.15) is 51.2 Å². The van der Waals surface area contributed by atoms with Gasteiger partial charge in [0.1, 0.15) is 0 Å². The van der Waals surface area contributed by atoms with Crippen molar-refractivity contribution >= 4 is 23.5 Å². The lowest BCUT2D eigenvalue weighted by Crippen LogP contribution is -2.38. The summed E-state index contributed by atoms with van der Waals surface area (Å²) in [7, 11) is 0. The molecule has 134 valence electrons. The highest BCUT2D eigenvalue weighted by Gasteiger charge is 2.44. The smallest absolute Gasteiger partial charge is 0.0928 e. The second kappa shape index (κ2) is 8.66. The van der Waals surface area contributed by atoms with Gasteiger partial charge in [0.2, 0.25) is 0 Å². The Morgan fingerprint density at radius 1 is 1.08 bits per heavy atom. The lowest BCUT2D eigenvalue weighted by molar-refractivity contribution is 0.109. The molecule has 0 saturated carbocycles. The average molecular weight is 373 g/mol. The van der Waals surface area contributed by atoms with Crippen molar-refractivity contribution in [2.24, 2.45) is 5.41 Å². The lowest BCUT2D eigenvalue weighted by atomic mass is 9.76. The van der Waals surface area contributed by atoms with Crippen molar-refractivity contribution < 1.29 is 5.11 Å². The monoisotopic (exact) mass is 372 g/mol. The number of aliphatic hydroxyl groups excluding tert-OH is 1. The van der Waals surface area contributed by atoms with Gasteiger partial charge >= 0.3 is 0 Å². The zero-order chi connectivity index (χ0) is 17.7. The van der Waals surface area contributed by atoms with Crippen LogP contribution in [0.2, 0.25) is 0 Å². The third kappa shape index (κ3) is 4.10. The summed E-state index contributed by atoms with van der Waals surface area (Å²) >= 11 is 3.80. The van der Waals surface area contributed by atoms with Gasteiger partial charge in [0.25, 0.3) is 0 Å². The molecule has 1 nitrogen and oxygen atoms in total. The topological polar surface area (TPSA) is 20.2 Å². The first-order chi connectivity index (χ1) is 12.2. The summed E-state index contributed by atoms with van der Waals surface area (Å²) in [6.07, 6.45) is 4.30. The molecule has 2 aromatic rings. The molecule has 2 aromatic carbocycles. The molecular weight excluding hydrogens is 344 g/mol. The molecule has 1 N–H and O–H groups in total. The Balaban J connectivity index is 2.00. The van der Waals surface area contributed by atoms with Crippen molar-refractivity contribution in [2.75, 3.05) is 5.75 Å². The zero-order valence-corrected chi connectivity index (χ0v) is 16.8. The van der Waals surface area contributed by atoms with E-state index in [1.165, 1.54) is 29.1 Å². The second-order valence-corrected chi connectivity index (χ2v) is 9.17. The van der Waals surface area contributed by atoms with Crippen LogP contribution >= 0.6 is 23.5 Å². The van der Waals surface area contributed by atoms with Crippen LogP contribution in [0, 0.1) is 5.41 Å². The minimum Gasteiger partial charge on any atom is -0.387 e. The van der Waals surface area contributed by atoms with Crippen LogP contribution < -0.4 is 0 Å². The third-order valence-electron chi connectivity index (χ3n) is 5.38. The molecule has 3 atom stereocenters. The van der Waals surface area contributed by atoms with Gasteiger partial charge in [0.15, 0.2) is 0 Å². The van der Waals surface area contributed by atoms with Gasteiger partial charge in [-0.15, -0.1) is 23.5 Å². The van der Waals surface area contributed by atoms with Crippen molar-refractivity contribution in [3.63, 3.8) is 0 Å². The quantitative estimate of drug-likeness (QED) is 0.619. The summed E-state index contributed by atoms with van der Waals surface area (Å²) in [5.41, 5.74) is 1.26. The first kappa shape index (κ1) is 18.9. The number of aliphatic hydroxyl groups is 1. The molecule has 1 aliphatic heterocycles. The minimum absolute atomic E-state index is 0.152. The summed E-state index contributed by atoms with van der Waals surface area (Å²) < 4.78 is 0. The van der Waals surface area contributed by atoms with Gasteiger partial charge in [0.05, 0.1) is 6.10 Å². The number of rotatable bonds is 6. The fraction of sp³-hybridized carbons (Fsp3) is 0.455. The summed E-state index contributed by atoms with van der Waals surface area (Å²) in [6, 6.07) is 19.0. The van der Waals surface area contributed by atoms with Crippen molar-refractivity contribution in [1.29, 1.82) is 0 Å². The highest BCUT2D eigenvalue weighted by Crippen LogP contribution is 2.53. The van der Waals surface area contributed by atoms with E-state index in [1.54, 1.807) is 0 Å². The molecule has 0 fully saturated rings. The molecule has 0 bridgehead atoms. The highest BCUT2D eigenvalue weighted by molar-refractivity contribution is 8.00. The van der Waals surface area contributed by atoms with Gasteiger partial charge in [-0.3, -0.25) is 0 Å². The summed E-state index contributed by atoms with van der Waals surface area (Å²) in [4.78, 5) is 2.51. The predicted molar refractivity (Wildman–Crippen MR) is 110 cm³/mol. The van der Waals surface area contributed by atoms with Crippen LogP contribution in [0.4, 0.5) is 0 Å². The fourth-order valence-electron chi connectivity index (χ4n) is 3.72. The van der Waals surface area contributed by atoms with E-state index in [0.717, 1.165) is 17.7 Å². The lowest BCUT2D eigenvalue weighted by Gasteiger charge is -2.41. The Hall–Kier alpha value is -0.900. The zero-order valence-electron chi connectivity index (χ0n) is 15.2. The van der Waals surface area contributed by atoms with E-state index in [-0.39, 0.29) is 10.7 Å². The van der Waals surface area contributed by atoms with Crippen LogP contribution in [0.5, 0.6) is 0 Å². The largest absolute Gasteiger partial charge is 0.387 e. The molecule has 1 heterocycles. The number of fused-ring (bicyclic) bond motifs is 1. The van der Waals surface area contributed by atoms with Crippen LogP contribution in [0.25, 0.3) is 0 Å². The summed E-state index contributed by atoms with van der Waals surface area (Å²) in [5, 5.41) is 11.6. The van der Waals surface area contributed by atoms with Gasteiger partial charge < -0.3 is 5.11 Å². The number of hydrogen-bond donors (Lipinski definition) is 1. The van der Waals surface area contributed by atoms with Gasteiger partial charge in [-0.1, -0.05) is 63.1 Å². The van der Waals surface area contributed by atoms with Gasteiger partial charge in [-0.05, 0) is 42.0 Å². The van der Waals surface area contributed by atoms with E-state index in [9.17, 15) is 5.11 Å². The van der Waals surface area contributed by atoms with E-state index in [2.05, 4.69) is 68.4 Å². The Morgan fingerprint density at radius 2 is 1.80 bits per heavy atom. The van der Waals surface area contributed by atoms with Crippen LogP contribution in [-0.4, -0.2) is 16.1 Å². The van der Waals surface area contributed by atoms with Crippen molar-refractivity contribution in [2.45, 2.75) is 60.7 Å². The van der Waals surface area contributed by atoms with Crippen LogP contribution in [0.15, 0.2) is 64.4 Å². The fourth-order valence-corrected chi connectivity index (χ4v) is 6.82. The molecule has 0 spiro atoms. The molecule has 3 heteroatoms. The van der Waals surface area contributed by atoms with Crippen molar-refractivity contribution in [3.05, 3.63) is 60.2 Å². The third-order valence-corrected chi connectivity index (χ3v) is 8.34. The molecule has 25 heavy (non-hydrogen) atoms. The molecule has 0 amide bonds. The standard InChI is InChI=1S/C22H28OS2/c1-3-5-15-22(4-2)16-24-19-14-10-9-13-18(19)20(23)21(22)25-17-11-7-6-8-12-17/h6-14,20-21,23H,3-5,15-16H2,1-2H3/t20?,21?,22-/m1/s1. The summed E-state index contributed by atoms with van der Waals surface area (Å²) in [6.45, 7) is 4.56. The van der Waals surface area contributed by atoms with Gasteiger partial charge in [-0.2, -0.15) is 0 Å². The van der Waals surface area contributed by atoms with Crippen molar-refractivity contribution in [1.82, 2.24) is 0 Å². The number of hydrogen-bond acceptors (Lipinski definition) is 3. The number of benzene rings is 2. The number of thioether (sulfide) groups is 2. The molecule has 0 aromatic heterocycles. The molecule has 0 saturated heterocycles. The highest BCUT2D eigenvalue weighted by atomic mass is 32.2. The second-order valence-electron chi connectivity index (χ2n) is 6.94. The summed E-state index contributed by atoms with van der Waals surface area (Å²) in [5.74, 6) is 1.09. The predicted octanol–water partition coefficient (Wildman–Crippen LogP) is 6.57. The van der Waals surface area contributed by atoms with E-state index in [1.807, 2.05) is 23.5 Å². The Kier molecular flexibility index (Phi) is 6.54. The van der Waals surface area contributed by atoms with E-state index in [4.69, 9.17) is 0 Å². The average Bonchev–Trinajstić information content (AvgIpc) is 2.78. The Bertz CT molecular complexity index is 673. The normalized spacial score (nSPS) is 26.0. The minimum atomic E-state index is -0.423. The van der Waals surface area contributed by atoms with E-state index in [0.29, 0.717) is 0 Å². The Morgan fingerprint density at radius 3 is 2.52 bits per heavy atom. The van der Waals surface area contributed by atoms with Gasteiger partial charge in [-0.25, -0.2) is 0 Å². The van der Waals surface area contributed by atoms with Gasteiger partial charge in [0, 0.05) is 20.8 Å². The molecule has 2 unspecified atom stereocenters. The molecule has 3 rings (SSSR count). The van der Waals surface area contributed by atoms with Crippen LogP contribution in [0.3, 0.4) is 0 Å². The first-order valence-electron chi connectivity index (χ1n) is 9.31. The van der Waals surface area contributed by atoms with E-state index >= 15 is 0 Å². The maximum absolute atomic E-state index is 11.4.